The number of unbranched alkanes of at least 4 members (excludes halogenated alkanes) is 5. The van der Waals surface area contributed by atoms with E-state index in [1.165, 1.54) is 45.1 Å². The van der Waals surface area contributed by atoms with Crippen molar-refractivity contribution in [2.75, 3.05) is 26.7 Å². The van der Waals surface area contributed by atoms with Crippen LogP contribution in [0, 0.1) is 0 Å². The lowest BCUT2D eigenvalue weighted by Crippen LogP contribution is -2.34. The fourth-order valence-corrected chi connectivity index (χ4v) is 1.67. The third kappa shape index (κ3) is 10.4. The van der Waals surface area contributed by atoms with Crippen LogP contribution in [0.5, 0.6) is 0 Å². The van der Waals surface area contributed by atoms with Crippen LogP contribution in [0.4, 0.5) is 0 Å². The second-order valence-electron chi connectivity index (χ2n) is 5.09. The smallest absolute Gasteiger partial charge is 0.0106 e. The van der Waals surface area contributed by atoms with E-state index in [1.807, 2.05) is 0 Å². The van der Waals surface area contributed by atoms with Crippen molar-refractivity contribution in [3.05, 3.63) is 0 Å². The van der Waals surface area contributed by atoms with Crippen LogP contribution in [0.15, 0.2) is 0 Å². The van der Waals surface area contributed by atoms with Crippen LogP contribution in [0.2, 0.25) is 0 Å². The molecule has 1 N–H and O–H groups in total. The Hall–Kier alpha value is -0.0800. The van der Waals surface area contributed by atoms with Crippen LogP contribution in [-0.2, 0) is 0 Å². The minimum absolute atomic E-state index is 0.663. The first-order chi connectivity index (χ1) is 7.68. The summed E-state index contributed by atoms with van der Waals surface area (Å²) in [5.74, 6) is 0. The van der Waals surface area contributed by atoms with E-state index in [-0.39, 0.29) is 0 Å². The summed E-state index contributed by atoms with van der Waals surface area (Å²) in [6, 6.07) is 0.663. The Morgan fingerprint density at radius 2 is 1.56 bits per heavy atom. The van der Waals surface area contributed by atoms with Crippen molar-refractivity contribution >= 4 is 0 Å². The first kappa shape index (κ1) is 15.9. The number of hydrogen-bond donors (Lipinski definition) is 1. The second-order valence-corrected chi connectivity index (χ2v) is 5.09. The maximum absolute atomic E-state index is 3.52. The van der Waals surface area contributed by atoms with Gasteiger partial charge in [0.1, 0.15) is 0 Å². The summed E-state index contributed by atoms with van der Waals surface area (Å²) in [5.41, 5.74) is 0. The molecule has 2 heteroatoms. The maximum atomic E-state index is 3.52. The number of likely N-dealkylation sites (N-methyl/N-ethyl adjacent to an activating group) is 1. The molecule has 0 amide bonds. The van der Waals surface area contributed by atoms with Gasteiger partial charge in [-0.05, 0) is 33.9 Å². The Kier molecular flexibility index (Phi) is 11.3. The SMILES string of the molecule is CCCCCCCCNCCN(C)C(C)C. The molecule has 0 bridgehead atoms. The van der Waals surface area contributed by atoms with Gasteiger partial charge >= 0.3 is 0 Å². The van der Waals surface area contributed by atoms with Gasteiger partial charge in [-0.1, -0.05) is 39.0 Å². The summed E-state index contributed by atoms with van der Waals surface area (Å²) in [4.78, 5) is 2.38. The highest BCUT2D eigenvalue weighted by atomic mass is 15.1. The van der Waals surface area contributed by atoms with Crippen LogP contribution < -0.4 is 5.32 Å². The second kappa shape index (κ2) is 11.4. The molecule has 0 aliphatic carbocycles. The quantitative estimate of drug-likeness (QED) is 0.546. The van der Waals surface area contributed by atoms with Crippen LogP contribution in [0.1, 0.15) is 59.3 Å². The number of nitrogens with zero attached hydrogens (tertiary/aromatic N) is 1. The molecule has 0 heterocycles. The van der Waals surface area contributed by atoms with Crippen molar-refractivity contribution in [2.45, 2.75) is 65.3 Å². The molecule has 0 aliphatic heterocycles. The zero-order valence-corrected chi connectivity index (χ0v) is 11.9. The molecule has 0 spiro atoms. The lowest BCUT2D eigenvalue weighted by atomic mass is 10.1. The standard InChI is InChI=1S/C14H32N2/c1-5-6-7-8-9-10-11-15-12-13-16(4)14(2)3/h14-15H,5-13H2,1-4H3. The Morgan fingerprint density at radius 3 is 2.19 bits per heavy atom. The van der Waals surface area contributed by atoms with E-state index >= 15 is 0 Å². The monoisotopic (exact) mass is 228 g/mol. The van der Waals surface area contributed by atoms with Crippen molar-refractivity contribution in [1.29, 1.82) is 0 Å². The molecule has 16 heavy (non-hydrogen) atoms. The van der Waals surface area contributed by atoms with Gasteiger partial charge in [-0.2, -0.15) is 0 Å². The molecule has 0 aliphatic rings. The zero-order chi connectivity index (χ0) is 12.2. The molecule has 0 atom stereocenters. The Labute approximate surface area is 103 Å². The first-order valence-electron chi connectivity index (χ1n) is 7.09. The lowest BCUT2D eigenvalue weighted by Gasteiger charge is -2.20. The van der Waals surface area contributed by atoms with Gasteiger partial charge in [0.2, 0.25) is 0 Å². The lowest BCUT2D eigenvalue weighted by molar-refractivity contribution is 0.273. The van der Waals surface area contributed by atoms with Gasteiger partial charge < -0.3 is 10.2 Å². The average molecular weight is 228 g/mol. The van der Waals surface area contributed by atoms with Crippen molar-refractivity contribution in [3.63, 3.8) is 0 Å². The third-order valence-electron chi connectivity index (χ3n) is 3.23. The van der Waals surface area contributed by atoms with Gasteiger partial charge in [0.25, 0.3) is 0 Å². The van der Waals surface area contributed by atoms with Crippen LogP contribution in [0.25, 0.3) is 0 Å². The van der Waals surface area contributed by atoms with Crippen LogP contribution in [0.3, 0.4) is 0 Å². The van der Waals surface area contributed by atoms with E-state index in [0.29, 0.717) is 6.04 Å². The van der Waals surface area contributed by atoms with Gasteiger partial charge in [-0.3, -0.25) is 0 Å². The number of rotatable bonds is 11. The zero-order valence-electron chi connectivity index (χ0n) is 11.9. The predicted molar refractivity (Wildman–Crippen MR) is 74.0 cm³/mol. The van der Waals surface area contributed by atoms with Gasteiger partial charge in [0.15, 0.2) is 0 Å². The molecular formula is C14H32N2. The number of hydrogen-bond acceptors (Lipinski definition) is 2. The summed E-state index contributed by atoms with van der Waals surface area (Å²) in [6.45, 7) is 10.2. The summed E-state index contributed by atoms with van der Waals surface area (Å²) in [6.07, 6.45) is 8.34. The minimum Gasteiger partial charge on any atom is -0.315 e. The highest BCUT2D eigenvalue weighted by Crippen LogP contribution is 2.03. The Morgan fingerprint density at radius 1 is 0.938 bits per heavy atom. The third-order valence-corrected chi connectivity index (χ3v) is 3.23. The fraction of sp³-hybridized carbons (Fsp3) is 1.00. The van der Waals surface area contributed by atoms with Crippen molar-refractivity contribution in [3.8, 4) is 0 Å². The van der Waals surface area contributed by atoms with Gasteiger partial charge in [-0.25, -0.2) is 0 Å². The molecule has 0 fully saturated rings. The molecular weight excluding hydrogens is 196 g/mol. The molecule has 0 radical (unpaired) electrons. The topological polar surface area (TPSA) is 15.3 Å². The Balaban J connectivity index is 3.04. The maximum Gasteiger partial charge on any atom is 0.0106 e. The normalized spacial score (nSPS) is 11.6. The molecule has 0 aromatic rings. The van der Waals surface area contributed by atoms with E-state index in [2.05, 4.69) is 38.0 Å². The van der Waals surface area contributed by atoms with Crippen LogP contribution in [-0.4, -0.2) is 37.6 Å². The summed E-state index contributed by atoms with van der Waals surface area (Å²) in [7, 11) is 2.19. The van der Waals surface area contributed by atoms with Gasteiger partial charge in [-0.15, -0.1) is 0 Å². The van der Waals surface area contributed by atoms with E-state index < -0.39 is 0 Å². The van der Waals surface area contributed by atoms with E-state index in [1.54, 1.807) is 0 Å². The Bertz CT molecular complexity index is 135. The summed E-state index contributed by atoms with van der Waals surface area (Å²) >= 11 is 0. The van der Waals surface area contributed by atoms with Gasteiger partial charge in [0, 0.05) is 19.1 Å². The molecule has 0 rings (SSSR count). The van der Waals surface area contributed by atoms with Crippen LogP contribution >= 0.6 is 0 Å². The first-order valence-corrected chi connectivity index (χ1v) is 7.09. The molecule has 0 aromatic heterocycles. The molecule has 0 saturated carbocycles. The average Bonchev–Trinajstić information content (AvgIpc) is 2.26. The molecule has 98 valence electrons. The summed E-state index contributed by atoms with van der Waals surface area (Å²) in [5, 5.41) is 3.52. The fourth-order valence-electron chi connectivity index (χ4n) is 1.67. The molecule has 2 nitrogen and oxygen atoms in total. The molecule has 0 saturated heterocycles. The van der Waals surface area contributed by atoms with Crippen molar-refractivity contribution in [2.24, 2.45) is 0 Å². The minimum atomic E-state index is 0.663. The highest BCUT2D eigenvalue weighted by molar-refractivity contribution is 4.59. The van der Waals surface area contributed by atoms with Crippen molar-refractivity contribution < 1.29 is 0 Å². The van der Waals surface area contributed by atoms with Crippen molar-refractivity contribution in [1.82, 2.24) is 10.2 Å². The molecule has 0 aromatic carbocycles. The highest BCUT2D eigenvalue weighted by Gasteiger charge is 2.00. The molecule has 0 unspecified atom stereocenters. The van der Waals surface area contributed by atoms with E-state index in [0.717, 1.165) is 13.1 Å². The largest absolute Gasteiger partial charge is 0.315 e. The summed E-state index contributed by atoms with van der Waals surface area (Å²) < 4.78 is 0. The predicted octanol–water partition coefficient (Wildman–Crippen LogP) is 3.28. The van der Waals surface area contributed by atoms with E-state index in [4.69, 9.17) is 0 Å². The number of nitrogens with one attached hydrogen (secondary N) is 1. The van der Waals surface area contributed by atoms with E-state index in [9.17, 15) is 0 Å². The van der Waals surface area contributed by atoms with Gasteiger partial charge in [0.05, 0.1) is 0 Å².